The van der Waals surface area contributed by atoms with Crippen molar-refractivity contribution >= 4 is 38.9 Å². The molecule has 2 aromatic rings. The van der Waals surface area contributed by atoms with Crippen LogP contribution in [0.15, 0.2) is 34.1 Å². The van der Waals surface area contributed by atoms with Gasteiger partial charge in [-0.05, 0) is 65.7 Å². The van der Waals surface area contributed by atoms with Gasteiger partial charge in [0, 0.05) is 23.2 Å². The second-order valence-corrected chi connectivity index (χ2v) is 7.11. The van der Waals surface area contributed by atoms with Gasteiger partial charge in [0.15, 0.2) is 0 Å². The lowest BCUT2D eigenvalue weighted by atomic mass is 10.1. The van der Waals surface area contributed by atoms with Gasteiger partial charge in [-0.2, -0.15) is 0 Å². The summed E-state index contributed by atoms with van der Waals surface area (Å²) in [4.78, 5) is 12.9. The van der Waals surface area contributed by atoms with Gasteiger partial charge in [-0.15, -0.1) is 11.3 Å². The molecule has 5 heteroatoms. The number of nitrogens with one attached hydrogen (secondary N) is 2. The zero-order valence-corrected chi connectivity index (χ0v) is 14.1. The fourth-order valence-corrected chi connectivity index (χ4v) is 3.40. The van der Waals surface area contributed by atoms with Crippen LogP contribution in [0.3, 0.4) is 0 Å². The summed E-state index contributed by atoms with van der Waals surface area (Å²) in [6.07, 6.45) is 0. The minimum atomic E-state index is -0.0603. The van der Waals surface area contributed by atoms with Crippen LogP contribution in [0.2, 0.25) is 0 Å². The Morgan fingerprint density at radius 1 is 1.30 bits per heavy atom. The SMILES string of the molecule is CNC(=O)c1ccc(NC(C)c2ccc(Br)s2)c(C)c1. The Kier molecular flexibility index (Phi) is 4.83. The largest absolute Gasteiger partial charge is 0.377 e. The van der Waals surface area contributed by atoms with E-state index in [2.05, 4.69) is 45.6 Å². The molecule has 0 aliphatic heterocycles. The summed E-state index contributed by atoms with van der Waals surface area (Å²) in [6, 6.07) is 10.1. The highest BCUT2D eigenvalue weighted by atomic mass is 79.9. The molecule has 3 nitrogen and oxygen atoms in total. The highest BCUT2D eigenvalue weighted by molar-refractivity contribution is 9.11. The van der Waals surface area contributed by atoms with E-state index < -0.39 is 0 Å². The molecule has 2 N–H and O–H groups in total. The highest BCUT2D eigenvalue weighted by Crippen LogP contribution is 2.30. The van der Waals surface area contributed by atoms with Crippen molar-refractivity contribution in [1.82, 2.24) is 5.32 Å². The number of rotatable bonds is 4. The topological polar surface area (TPSA) is 41.1 Å². The summed E-state index contributed by atoms with van der Waals surface area (Å²) < 4.78 is 1.13. The van der Waals surface area contributed by atoms with Gasteiger partial charge in [-0.1, -0.05) is 0 Å². The number of carbonyl (C=O) groups is 1. The zero-order valence-electron chi connectivity index (χ0n) is 11.7. The Balaban J connectivity index is 2.15. The molecule has 0 radical (unpaired) electrons. The number of amides is 1. The van der Waals surface area contributed by atoms with Crippen molar-refractivity contribution in [2.45, 2.75) is 19.9 Å². The van der Waals surface area contributed by atoms with Gasteiger partial charge >= 0.3 is 0 Å². The van der Waals surface area contributed by atoms with E-state index in [1.165, 1.54) is 4.88 Å². The number of hydrogen-bond acceptors (Lipinski definition) is 3. The van der Waals surface area contributed by atoms with Crippen molar-refractivity contribution in [3.05, 3.63) is 50.1 Å². The van der Waals surface area contributed by atoms with Crippen molar-refractivity contribution in [3.8, 4) is 0 Å². The molecule has 0 saturated heterocycles. The first-order valence-electron chi connectivity index (χ1n) is 6.35. The van der Waals surface area contributed by atoms with Crippen molar-refractivity contribution in [2.24, 2.45) is 0 Å². The lowest BCUT2D eigenvalue weighted by Crippen LogP contribution is -2.18. The van der Waals surface area contributed by atoms with Crippen LogP contribution in [-0.2, 0) is 0 Å². The van der Waals surface area contributed by atoms with Crippen LogP contribution in [-0.4, -0.2) is 13.0 Å². The molecule has 20 heavy (non-hydrogen) atoms. The van der Waals surface area contributed by atoms with Crippen LogP contribution in [0.5, 0.6) is 0 Å². The maximum Gasteiger partial charge on any atom is 0.251 e. The molecule has 1 heterocycles. The predicted octanol–water partition coefficient (Wildman–Crippen LogP) is 4.35. The lowest BCUT2D eigenvalue weighted by molar-refractivity contribution is 0.0963. The van der Waals surface area contributed by atoms with Gasteiger partial charge in [-0.3, -0.25) is 4.79 Å². The van der Waals surface area contributed by atoms with Crippen LogP contribution < -0.4 is 10.6 Å². The van der Waals surface area contributed by atoms with Crippen LogP contribution >= 0.6 is 27.3 Å². The monoisotopic (exact) mass is 352 g/mol. The third-order valence-corrected chi connectivity index (χ3v) is 4.91. The number of benzene rings is 1. The summed E-state index contributed by atoms with van der Waals surface area (Å²) in [5.74, 6) is -0.0603. The first-order chi connectivity index (χ1) is 9.51. The Morgan fingerprint density at radius 3 is 2.60 bits per heavy atom. The van der Waals surface area contributed by atoms with Gasteiger partial charge in [0.1, 0.15) is 0 Å². The fourth-order valence-electron chi connectivity index (χ4n) is 1.98. The second-order valence-electron chi connectivity index (χ2n) is 4.62. The molecule has 0 aliphatic rings. The number of aryl methyl sites for hydroxylation is 1. The van der Waals surface area contributed by atoms with Crippen LogP contribution in [0.25, 0.3) is 0 Å². The fraction of sp³-hybridized carbons (Fsp3) is 0.267. The average Bonchev–Trinajstić information content (AvgIpc) is 2.86. The quantitative estimate of drug-likeness (QED) is 0.858. The molecular formula is C15H17BrN2OS. The Labute approximate surface area is 131 Å². The van der Waals surface area contributed by atoms with Crippen LogP contribution in [0, 0.1) is 6.92 Å². The van der Waals surface area contributed by atoms with Crippen LogP contribution in [0.4, 0.5) is 5.69 Å². The van der Waals surface area contributed by atoms with Gasteiger partial charge in [-0.25, -0.2) is 0 Å². The highest BCUT2D eigenvalue weighted by Gasteiger charge is 2.11. The number of halogens is 1. The molecule has 1 amide bonds. The van der Waals surface area contributed by atoms with Crippen LogP contribution in [0.1, 0.15) is 33.8 Å². The van der Waals surface area contributed by atoms with Gasteiger partial charge in [0.2, 0.25) is 0 Å². The molecule has 1 aromatic heterocycles. The van der Waals surface area contributed by atoms with Crippen molar-refractivity contribution in [3.63, 3.8) is 0 Å². The number of thiophene rings is 1. The summed E-state index contributed by atoms with van der Waals surface area (Å²) in [5.41, 5.74) is 2.80. The lowest BCUT2D eigenvalue weighted by Gasteiger charge is -2.16. The van der Waals surface area contributed by atoms with Crippen molar-refractivity contribution in [2.75, 3.05) is 12.4 Å². The molecule has 2 rings (SSSR count). The van der Waals surface area contributed by atoms with E-state index in [0.717, 1.165) is 15.0 Å². The average molecular weight is 353 g/mol. The van der Waals surface area contributed by atoms with E-state index in [1.54, 1.807) is 18.4 Å². The summed E-state index contributed by atoms with van der Waals surface area (Å²) >= 11 is 5.20. The van der Waals surface area contributed by atoms with Gasteiger partial charge in [0.05, 0.1) is 9.83 Å². The third-order valence-electron chi connectivity index (χ3n) is 3.11. The molecule has 0 spiro atoms. The maximum atomic E-state index is 11.6. The minimum Gasteiger partial charge on any atom is -0.377 e. The van der Waals surface area contributed by atoms with Crippen molar-refractivity contribution < 1.29 is 4.79 Å². The molecule has 0 fully saturated rings. The summed E-state index contributed by atoms with van der Waals surface area (Å²) in [5, 5.41) is 6.12. The third kappa shape index (κ3) is 3.41. The Bertz CT molecular complexity index is 624. The van der Waals surface area contributed by atoms with E-state index in [4.69, 9.17) is 0 Å². The molecule has 1 unspecified atom stereocenters. The van der Waals surface area contributed by atoms with E-state index >= 15 is 0 Å². The number of hydrogen-bond donors (Lipinski definition) is 2. The van der Waals surface area contributed by atoms with E-state index in [9.17, 15) is 4.79 Å². The number of anilines is 1. The smallest absolute Gasteiger partial charge is 0.251 e. The second kappa shape index (κ2) is 6.41. The van der Waals surface area contributed by atoms with Gasteiger partial charge in [0.25, 0.3) is 5.91 Å². The van der Waals surface area contributed by atoms with Crippen molar-refractivity contribution in [1.29, 1.82) is 0 Å². The normalized spacial score (nSPS) is 12.0. The molecule has 106 valence electrons. The van der Waals surface area contributed by atoms with Gasteiger partial charge < -0.3 is 10.6 Å². The zero-order chi connectivity index (χ0) is 14.7. The molecular weight excluding hydrogens is 336 g/mol. The molecule has 1 aromatic carbocycles. The maximum absolute atomic E-state index is 11.6. The molecule has 0 aliphatic carbocycles. The Morgan fingerprint density at radius 2 is 2.05 bits per heavy atom. The van der Waals surface area contributed by atoms with E-state index in [-0.39, 0.29) is 11.9 Å². The summed E-state index contributed by atoms with van der Waals surface area (Å²) in [6.45, 7) is 4.14. The van der Waals surface area contributed by atoms with E-state index in [1.807, 2.05) is 25.1 Å². The summed E-state index contributed by atoms with van der Waals surface area (Å²) in [7, 11) is 1.64. The Hall–Kier alpha value is -1.33. The first-order valence-corrected chi connectivity index (χ1v) is 7.96. The number of carbonyl (C=O) groups excluding carboxylic acids is 1. The first kappa shape index (κ1) is 15.1. The molecule has 1 atom stereocenters. The molecule has 0 saturated carbocycles. The minimum absolute atomic E-state index is 0.0603. The standard InChI is InChI=1S/C15H17BrN2OS/c1-9-8-11(15(19)17-3)4-5-12(9)18-10(2)13-6-7-14(16)20-13/h4-8,10,18H,1-3H3,(H,17,19). The molecule has 0 bridgehead atoms. The predicted molar refractivity (Wildman–Crippen MR) is 88.6 cm³/mol. The van der Waals surface area contributed by atoms with E-state index in [0.29, 0.717) is 5.56 Å².